The Morgan fingerprint density at radius 2 is 2.07 bits per heavy atom. The number of hydrogen-bond acceptors (Lipinski definition) is 3. The van der Waals surface area contributed by atoms with Gasteiger partial charge in [0, 0.05) is 25.0 Å². The fourth-order valence-electron chi connectivity index (χ4n) is 2.39. The van der Waals surface area contributed by atoms with Crippen LogP contribution in [0.5, 0.6) is 0 Å². The Balaban J connectivity index is 1.73. The van der Waals surface area contributed by atoms with Crippen LogP contribution in [0, 0.1) is 0 Å². The third-order valence-electron chi connectivity index (χ3n) is 3.31. The van der Waals surface area contributed by atoms with E-state index in [0.717, 1.165) is 26.1 Å². The third-order valence-corrected chi connectivity index (χ3v) is 3.31. The molecule has 2 aliphatic rings. The third kappa shape index (κ3) is 3.47. The summed E-state index contributed by atoms with van der Waals surface area (Å²) in [4.78, 5) is 11.0. The van der Waals surface area contributed by atoms with Gasteiger partial charge in [-0.3, -0.25) is 4.79 Å². The van der Waals surface area contributed by atoms with Crippen molar-refractivity contribution < 1.29 is 4.79 Å². The van der Waals surface area contributed by atoms with Gasteiger partial charge in [0.25, 0.3) is 0 Å². The van der Waals surface area contributed by atoms with Gasteiger partial charge < -0.3 is 16.0 Å². The van der Waals surface area contributed by atoms with Crippen LogP contribution in [-0.4, -0.2) is 37.6 Å². The SMILES string of the molecule is O=C1CCC(NC2CCCNCC2)CN1. The van der Waals surface area contributed by atoms with E-state index >= 15 is 0 Å². The van der Waals surface area contributed by atoms with Crippen LogP contribution >= 0.6 is 0 Å². The zero-order valence-electron chi connectivity index (χ0n) is 9.22. The summed E-state index contributed by atoms with van der Waals surface area (Å²) in [6.45, 7) is 3.08. The van der Waals surface area contributed by atoms with Crippen LogP contribution in [0.15, 0.2) is 0 Å². The summed E-state index contributed by atoms with van der Waals surface area (Å²) < 4.78 is 0. The largest absolute Gasteiger partial charge is 0.355 e. The van der Waals surface area contributed by atoms with Gasteiger partial charge in [-0.2, -0.15) is 0 Å². The van der Waals surface area contributed by atoms with Gasteiger partial charge in [-0.1, -0.05) is 0 Å². The lowest BCUT2D eigenvalue weighted by molar-refractivity contribution is -0.122. The molecule has 86 valence electrons. The van der Waals surface area contributed by atoms with Crippen molar-refractivity contribution in [2.75, 3.05) is 19.6 Å². The molecule has 0 radical (unpaired) electrons. The summed E-state index contributed by atoms with van der Waals surface area (Å²) >= 11 is 0. The monoisotopic (exact) mass is 211 g/mol. The molecule has 2 aliphatic heterocycles. The molecule has 0 aromatic rings. The second-order valence-electron chi connectivity index (χ2n) is 4.58. The number of rotatable bonds is 2. The van der Waals surface area contributed by atoms with Crippen molar-refractivity contribution in [3.8, 4) is 0 Å². The van der Waals surface area contributed by atoms with Crippen LogP contribution in [0.4, 0.5) is 0 Å². The minimum atomic E-state index is 0.204. The lowest BCUT2D eigenvalue weighted by atomic mass is 10.0. The fraction of sp³-hybridized carbons (Fsp3) is 0.909. The predicted molar refractivity (Wildman–Crippen MR) is 59.7 cm³/mol. The van der Waals surface area contributed by atoms with Crippen LogP contribution in [-0.2, 0) is 4.79 Å². The molecule has 2 fully saturated rings. The fourth-order valence-corrected chi connectivity index (χ4v) is 2.39. The molecule has 0 aromatic heterocycles. The maximum atomic E-state index is 11.0. The first kappa shape index (κ1) is 10.9. The highest BCUT2D eigenvalue weighted by molar-refractivity contribution is 5.76. The van der Waals surface area contributed by atoms with Gasteiger partial charge in [0.05, 0.1) is 0 Å². The first-order chi connectivity index (χ1) is 7.34. The van der Waals surface area contributed by atoms with E-state index < -0.39 is 0 Å². The Morgan fingerprint density at radius 1 is 1.13 bits per heavy atom. The van der Waals surface area contributed by atoms with E-state index in [1.165, 1.54) is 19.3 Å². The van der Waals surface area contributed by atoms with E-state index in [1.807, 2.05) is 0 Å². The van der Waals surface area contributed by atoms with Crippen LogP contribution in [0.25, 0.3) is 0 Å². The highest BCUT2D eigenvalue weighted by Gasteiger charge is 2.21. The second kappa shape index (κ2) is 5.47. The average molecular weight is 211 g/mol. The summed E-state index contributed by atoms with van der Waals surface area (Å²) in [6, 6.07) is 1.13. The Kier molecular flexibility index (Phi) is 3.97. The molecule has 0 saturated carbocycles. The molecule has 4 nitrogen and oxygen atoms in total. The van der Waals surface area contributed by atoms with E-state index in [9.17, 15) is 4.79 Å². The van der Waals surface area contributed by atoms with Gasteiger partial charge in [-0.25, -0.2) is 0 Å². The smallest absolute Gasteiger partial charge is 0.220 e. The van der Waals surface area contributed by atoms with Crippen molar-refractivity contribution in [2.24, 2.45) is 0 Å². The Morgan fingerprint density at radius 3 is 2.87 bits per heavy atom. The molecule has 0 aliphatic carbocycles. The van der Waals surface area contributed by atoms with Crippen LogP contribution in [0.2, 0.25) is 0 Å². The van der Waals surface area contributed by atoms with Crippen molar-refractivity contribution in [3.63, 3.8) is 0 Å². The van der Waals surface area contributed by atoms with Gasteiger partial charge in [-0.15, -0.1) is 0 Å². The summed E-state index contributed by atoms with van der Waals surface area (Å²) in [7, 11) is 0. The molecule has 15 heavy (non-hydrogen) atoms. The molecule has 2 atom stereocenters. The van der Waals surface area contributed by atoms with E-state index in [2.05, 4.69) is 16.0 Å². The molecule has 1 amide bonds. The number of piperidine rings is 1. The first-order valence-corrected chi connectivity index (χ1v) is 6.08. The number of amides is 1. The van der Waals surface area contributed by atoms with Gasteiger partial charge in [0.2, 0.25) is 5.91 Å². The van der Waals surface area contributed by atoms with E-state index in [4.69, 9.17) is 0 Å². The molecule has 0 aromatic carbocycles. The number of carbonyl (C=O) groups is 1. The Labute approximate surface area is 91.2 Å². The quantitative estimate of drug-likeness (QED) is 0.602. The molecule has 4 heteroatoms. The molecule has 3 N–H and O–H groups in total. The normalized spacial score (nSPS) is 33.2. The van der Waals surface area contributed by atoms with Crippen molar-refractivity contribution in [1.29, 1.82) is 0 Å². The lowest BCUT2D eigenvalue weighted by Crippen LogP contribution is -2.49. The summed E-state index contributed by atoms with van der Waals surface area (Å²) in [6.07, 6.45) is 5.41. The van der Waals surface area contributed by atoms with Crippen LogP contribution < -0.4 is 16.0 Å². The average Bonchev–Trinajstić information content (AvgIpc) is 2.50. The van der Waals surface area contributed by atoms with Crippen molar-refractivity contribution in [2.45, 2.75) is 44.2 Å². The van der Waals surface area contributed by atoms with E-state index in [-0.39, 0.29) is 5.91 Å². The molecular weight excluding hydrogens is 190 g/mol. The maximum Gasteiger partial charge on any atom is 0.220 e. The molecule has 2 heterocycles. The van der Waals surface area contributed by atoms with Crippen LogP contribution in [0.3, 0.4) is 0 Å². The summed E-state index contributed by atoms with van der Waals surface area (Å²) in [5.74, 6) is 0.204. The highest BCUT2D eigenvalue weighted by Crippen LogP contribution is 2.09. The molecular formula is C11H21N3O. The molecule has 0 spiro atoms. The van der Waals surface area contributed by atoms with Crippen molar-refractivity contribution >= 4 is 5.91 Å². The molecule has 2 saturated heterocycles. The maximum absolute atomic E-state index is 11.0. The topological polar surface area (TPSA) is 53.2 Å². The minimum absolute atomic E-state index is 0.204. The van der Waals surface area contributed by atoms with E-state index in [0.29, 0.717) is 18.5 Å². The standard InChI is InChI=1S/C11H21N3O/c15-11-4-3-10(8-13-11)14-9-2-1-6-12-7-5-9/h9-10,12,14H,1-8H2,(H,13,15). The van der Waals surface area contributed by atoms with Crippen LogP contribution in [0.1, 0.15) is 32.1 Å². The summed E-state index contributed by atoms with van der Waals surface area (Å²) in [5, 5.41) is 10.00. The van der Waals surface area contributed by atoms with Crippen molar-refractivity contribution in [1.82, 2.24) is 16.0 Å². The Bertz CT molecular complexity index is 202. The zero-order valence-corrected chi connectivity index (χ0v) is 9.22. The lowest BCUT2D eigenvalue weighted by Gasteiger charge is -2.28. The number of nitrogens with one attached hydrogen (secondary N) is 3. The second-order valence-corrected chi connectivity index (χ2v) is 4.58. The first-order valence-electron chi connectivity index (χ1n) is 6.08. The Hall–Kier alpha value is -0.610. The molecule has 2 rings (SSSR count). The highest BCUT2D eigenvalue weighted by atomic mass is 16.1. The molecule has 0 bridgehead atoms. The minimum Gasteiger partial charge on any atom is -0.355 e. The van der Waals surface area contributed by atoms with Gasteiger partial charge >= 0.3 is 0 Å². The van der Waals surface area contributed by atoms with Crippen molar-refractivity contribution in [3.05, 3.63) is 0 Å². The number of carbonyl (C=O) groups excluding carboxylic acids is 1. The zero-order chi connectivity index (χ0) is 10.5. The van der Waals surface area contributed by atoms with Gasteiger partial charge in [-0.05, 0) is 38.8 Å². The van der Waals surface area contributed by atoms with E-state index in [1.54, 1.807) is 0 Å². The van der Waals surface area contributed by atoms with Gasteiger partial charge in [0.1, 0.15) is 0 Å². The molecule has 2 unspecified atom stereocenters. The number of hydrogen-bond donors (Lipinski definition) is 3. The summed E-state index contributed by atoms with van der Waals surface area (Å²) in [5.41, 5.74) is 0. The predicted octanol–water partition coefficient (Wildman–Crippen LogP) is -0.00330. The van der Waals surface area contributed by atoms with Gasteiger partial charge in [0.15, 0.2) is 0 Å².